The van der Waals surface area contributed by atoms with Gasteiger partial charge in [0.2, 0.25) is 0 Å². The molecular weight excluding hydrogens is 266 g/mol. The summed E-state index contributed by atoms with van der Waals surface area (Å²) in [6.45, 7) is 1.70. The fraction of sp³-hybridized carbons (Fsp3) is 0.250. The fourth-order valence-corrected chi connectivity index (χ4v) is 1.31. The van der Waals surface area contributed by atoms with Crippen molar-refractivity contribution in [2.75, 3.05) is 0 Å². The van der Waals surface area contributed by atoms with Gasteiger partial charge in [-0.3, -0.25) is 14.6 Å². The van der Waals surface area contributed by atoms with E-state index in [0.29, 0.717) is 5.69 Å². The molecule has 8 nitrogen and oxygen atoms in total. The molecule has 0 bridgehead atoms. The fourth-order valence-electron chi connectivity index (χ4n) is 1.31. The van der Waals surface area contributed by atoms with Gasteiger partial charge in [0.25, 0.3) is 5.91 Å². The number of carbonyl (C=O) groups excluding carboxylic acids is 1. The van der Waals surface area contributed by atoms with Gasteiger partial charge in [0, 0.05) is 23.9 Å². The molecule has 0 saturated heterocycles. The minimum atomic E-state index is -1.38. The molecule has 3 N–H and O–H groups in total. The van der Waals surface area contributed by atoms with E-state index >= 15 is 0 Å². The van der Waals surface area contributed by atoms with Gasteiger partial charge in [0.15, 0.2) is 0 Å². The van der Waals surface area contributed by atoms with Crippen LogP contribution in [-0.4, -0.2) is 38.8 Å². The molecule has 20 heavy (non-hydrogen) atoms. The molecule has 1 aromatic heterocycles. The molecule has 0 fully saturated rings. The number of amides is 1. The number of aliphatic carboxylic acids is 2. The number of pyridine rings is 1. The number of carbonyl (C=O) groups is 3. The van der Waals surface area contributed by atoms with Crippen LogP contribution in [0.2, 0.25) is 0 Å². The topological polar surface area (TPSA) is 129 Å². The molecule has 0 aliphatic carbocycles. The molecule has 0 aliphatic rings. The normalized spacial score (nSPS) is 10.9. The van der Waals surface area contributed by atoms with E-state index in [4.69, 9.17) is 10.2 Å². The van der Waals surface area contributed by atoms with Gasteiger partial charge in [-0.15, -0.1) is 0 Å². The number of hydrogen-bond donors (Lipinski definition) is 3. The quantitative estimate of drug-likeness (QED) is 0.511. The molecule has 0 spiro atoms. The van der Waals surface area contributed by atoms with Gasteiger partial charge in [-0.25, -0.2) is 10.2 Å². The Morgan fingerprint density at radius 3 is 2.55 bits per heavy atom. The van der Waals surface area contributed by atoms with Crippen LogP contribution in [0.15, 0.2) is 23.4 Å². The van der Waals surface area contributed by atoms with Crippen LogP contribution < -0.4 is 5.43 Å². The van der Waals surface area contributed by atoms with Gasteiger partial charge >= 0.3 is 11.9 Å². The Kier molecular flexibility index (Phi) is 5.33. The minimum Gasteiger partial charge on any atom is -0.481 e. The van der Waals surface area contributed by atoms with Crippen molar-refractivity contribution in [2.45, 2.75) is 19.8 Å². The number of aryl methyl sites for hydroxylation is 1. The summed E-state index contributed by atoms with van der Waals surface area (Å²) in [7, 11) is 0. The van der Waals surface area contributed by atoms with Gasteiger partial charge in [-0.1, -0.05) is 0 Å². The van der Waals surface area contributed by atoms with Gasteiger partial charge in [0.05, 0.1) is 6.42 Å². The monoisotopic (exact) mass is 279 g/mol. The molecule has 1 rings (SSSR count). The number of hydrogen-bond acceptors (Lipinski definition) is 5. The number of hydrazone groups is 1. The first-order valence-electron chi connectivity index (χ1n) is 5.65. The highest BCUT2D eigenvalue weighted by atomic mass is 16.4. The van der Waals surface area contributed by atoms with E-state index < -0.39 is 23.6 Å². The highest BCUT2D eigenvalue weighted by molar-refractivity contribution is 6.35. The molecule has 0 radical (unpaired) electrons. The molecule has 8 heteroatoms. The second-order valence-electron chi connectivity index (χ2n) is 3.88. The Labute approximate surface area is 114 Å². The van der Waals surface area contributed by atoms with E-state index in [1.165, 1.54) is 18.3 Å². The molecular formula is C12H13N3O5. The molecule has 0 atom stereocenters. The third-order valence-corrected chi connectivity index (χ3v) is 2.27. The summed E-state index contributed by atoms with van der Waals surface area (Å²) < 4.78 is 0. The van der Waals surface area contributed by atoms with Crippen molar-refractivity contribution in [2.24, 2.45) is 5.10 Å². The van der Waals surface area contributed by atoms with Crippen LogP contribution in [0.1, 0.15) is 28.9 Å². The maximum Gasteiger partial charge on any atom is 0.352 e. The second-order valence-corrected chi connectivity index (χ2v) is 3.88. The summed E-state index contributed by atoms with van der Waals surface area (Å²) in [6, 6.07) is 2.97. The van der Waals surface area contributed by atoms with Crippen LogP contribution in [0.5, 0.6) is 0 Å². The van der Waals surface area contributed by atoms with Crippen LogP contribution in [0.3, 0.4) is 0 Å². The van der Waals surface area contributed by atoms with Crippen molar-refractivity contribution in [3.8, 4) is 0 Å². The third kappa shape index (κ3) is 4.84. The van der Waals surface area contributed by atoms with Crippen LogP contribution >= 0.6 is 0 Å². The van der Waals surface area contributed by atoms with E-state index in [1.807, 2.05) is 0 Å². The lowest BCUT2D eigenvalue weighted by molar-refractivity contribution is -0.136. The Hall–Kier alpha value is -2.77. The summed E-state index contributed by atoms with van der Waals surface area (Å²) >= 11 is 0. The molecule has 106 valence electrons. The van der Waals surface area contributed by atoms with Crippen LogP contribution in [0, 0.1) is 6.92 Å². The predicted octanol–water partition coefficient (Wildman–Crippen LogP) is 0.425. The lowest BCUT2D eigenvalue weighted by atomic mass is 10.2. The summed E-state index contributed by atoms with van der Waals surface area (Å²) in [5.74, 6) is -3.11. The van der Waals surface area contributed by atoms with Crippen molar-refractivity contribution >= 4 is 23.6 Å². The van der Waals surface area contributed by atoms with Crippen molar-refractivity contribution in [3.63, 3.8) is 0 Å². The Bertz CT molecular complexity index is 568. The summed E-state index contributed by atoms with van der Waals surface area (Å²) in [5.41, 5.74) is 2.57. The van der Waals surface area contributed by atoms with Gasteiger partial charge < -0.3 is 10.2 Å². The van der Waals surface area contributed by atoms with Crippen LogP contribution in [-0.2, 0) is 9.59 Å². The largest absolute Gasteiger partial charge is 0.481 e. The SMILES string of the molecule is Cc1cc(C(=O)N/N=C(/CCC(=O)O)C(=O)O)ccn1. The van der Waals surface area contributed by atoms with Crippen molar-refractivity contribution in [1.82, 2.24) is 10.4 Å². The van der Waals surface area contributed by atoms with E-state index in [2.05, 4.69) is 15.5 Å². The van der Waals surface area contributed by atoms with E-state index in [-0.39, 0.29) is 18.4 Å². The van der Waals surface area contributed by atoms with Gasteiger partial charge in [-0.2, -0.15) is 5.10 Å². The van der Waals surface area contributed by atoms with Gasteiger partial charge in [-0.05, 0) is 19.1 Å². The van der Waals surface area contributed by atoms with Crippen LogP contribution in [0.4, 0.5) is 0 Å². The second kappa shape index (κ2) is 6.98. The Morgan fingerprint density at radius 2 is 2.00 bits per heavy atom. The zero-order chi connectivity index (χ0) is 15.1. The smallest absolute Gasteiger partial charge is 0.352 e. The van der Waals surface area contributed by atoms with Crippen molar-refractivity contribution < 1.29 is 24.6 Å². The first-order chi connectivity index (χ1) is 9.40. The Balaban J connectivity index is 2.74. The molecule has 0 saturated carbocycles. The Morgan fingerprint density at radius 1 is 1.30 bits per heavy atom. The number of carboxylic acids is 2. The van der Waals surface area contributed by atoms with E-state index in [0.717, 1.165) is 0 Å². The molecule has 1 amide bonds. The summed E-state index contributed by atoms with van der Waals surface area (Å²) in [6.07, 6.45) is 0.784. The van der Waals surface area contributed by atoms with Crippen molar-refractivity contribution in [3.05, 3.63) is 29.6 Å². The van der Waals surface area contributed by atoms with Gasteiger partial charge in [0.1, 0.15) is 5.71 Å². The highest BCUT2D eigenvalue weighted by Crippen LogP contribution is 2.01. The molecule has 0 unspecified atom stereocenters. The third-order valence-electron chi connectivity index (χ3n) is 2.27. The first kappa shape index (κ1) is 15.3. The van der Waals surface area contributed by atoms with Crippen molar-refractivity contribution in [1.29, 1.82) is 0 Å². The summed E-state index contributed by atoms with van der Waals surface area (Å²) in [4.78, 5) is 36.8. The van der Waals surface area contributed by atoms with E-state index in [9.17, 15) is 14.4 Å². The lowest BCUT2D eigenvalue weighted by Crippen LogP contribution is -2.24. The minimum absolute atomic E-state index is 0.277. The van der Waals surface area contributed by atoms with Crippen LogP contribution in [0.25, 0.3) is 0 Å². The zero-order valence-electron chi connectivity index (χ0n) is 10.7. The number of nitrogens with one attached hydrogen (secondary N) is 1. The first-order valence-corrected chi connectivity index (χ1v) is 5.65. The van der Waals surface area contributed by atoms with E-state index in [1.54, 1.807) is 6.92 Å². The predicted molar refractivity (Wildman–Crippen MR) is 68.4 cm³/mol. The molecule has 1 aromatic rings. The maximum atomic E-state index is 11.7. The lowest BCUT2D eigenvalue weighted by Gasteiger charge is -2.03. The summed E-state index contributed by atoms with van der Waals surface area (Å²) in [5, 5.41) is 20.8. The molecule has 0 aromatic carbocycles. The number of nitrogens with zero attached hydrogens (tertiary/aromatic N) is 2. The number of rotatable bonds is 6. The highest BCUT2D eigenvalue weighted by Gasteiger charge is 2.13. The zero-order valence-corrected chi connectivity index (χ0v) is 10.7. The molecule has 1 heterocycles. The standard InChI is InChI=1S/C12H13N3O5/c1-7-6-8(4-5-13-7)11(18)15-14-9(12(19)20)2-3-10(16)17/h4-6H,2-3H2,1H3,(H,15,18)(H,16,17)(H,19,20)/b14-9-. The average Bonchev–Trinajstić information content (AvgIpc) is 2.37. The number of carboxylic acid groups (broad SMARTS) is 2. The average molecular weight is 279 g/mol. The number of aromatic nitrogens is 1. The maximum absolute atomic E-state index is 11.7. The molecule has 0 aliphatic heterocycles.